The second-order valence-corrected chi connectivity index (χ2v) is 10.9. The Morgan fingerprint density at radius 3 is 2.72 bits per heavy atom. The van der Waals surface area contributed by atoms with Crippen LogP contribution in [0, 0.1) is 12.8 Å². The lowest BCUT2D eigenvalue weighted by Crippen LogP contribution is -2.45. The zero-order chi connectivity index (χ0) is 23.3. The van der Waals surface area contributed by atoms with Crippen LogP contribution in [-0.2, 0) is 21.2 Å². The fourth-order valence-corrected chi connectivity index (χ4v) is 6.55. The quantitative estimate of drug-likeness (QED) is 0.585. The molecule has 1 atom stereocenters. The number of alkyl halides is 2. The first-order valence-corrected chi connectivity index (χ1v) is 12.4. The average Bonchev–Trinajstić information content (AvgIpc) is 3.21. The van der Waals surface area contributed by atoms with Crippen molar-refractivity contribution in [2.24, 2.45) is 5.92 Å². The van der Waals surface area contributed by atoms with Gasteiger partial charge in [0.05, 0.1) is 13.0 Å². The number of halogens is 2. The number of sulfonamides is 1. The first-order chi connectivity index (χ1) is 15.2. The van der Waals surface area contributed by atoms with Gasteiger partial charge in [-0.05, 0) is 56.0 Å². The van der Waals surface area contributed by atoms with Crippen LogP contribution in [0.2, 0.25) is 0 Å². The van der Waals surface area contributed by atoms with Gasteiger partial charge in [0, 0.05) is 24.5 Å². The van der Waals surface area contributed by atoms with Gasteiger partial charge in [0.2, 0.25) is 5.91 Å². The number of rotatable bonds is 9. The van der Waals surface area contributed by atoms with Crippen molar-refractivity contribution in [1.29, 1.82) is 0 Å². The number of aryl methyl sites for hydroxylation is 1. The molecule has 1 N–H and O–H groups in total. The Morgan fingerprint density at radius 1 is 1.28 bits per heavy atom. The first-order valence-electron chi connectivity index (χ1n) is 10.2. The summed E-state index contributed by atoms with van der Waals surface area (Å²) >= 11 is 1.22. The second kappa shape index (κ2) is 10.6. The van der Waals surface area contributed by atoms with Crippen LogP contribution >= 0.6 is 11.3 Å². The van der Waals surface area contributed by atoms with E-state index in [0.29, 0.717) is 31.4 Å². The monoisotopic (exact) mass is 488 g/mol. The van der Waals surface area contributed by atoms with Crippen LogP contribution in [0.5, 0.6) is 11.5 Å². The molecule has 1 aromatic carbocycles. The normalized spacial score (nSPS) is 17.3. The summed E-state index contributed by atoms with van der Waals surface area (Å²) in [7, 11) is -2.25. The standard InChI is InChI=1S/C21H26F2N2O5S2/c1-14-5-8-19(31-14)32(27,28)25-11-3-4-16(13-25)20(26)24-10-9-15-6-7-17(29-2)18(12-15)30-21(22)23/h5-8,12,16,21H,3-4,9-11,13H2,1-2H3,(H,24,26). The van der Waals surface area contributed by atoms with Crippen molar-refractivity contribution >= 4 is 27.3 Å². The first kappa shape index (κ1) is 24.4. The van der Waals surface area contributed by atoms with Crippen LogP contribution < -0.4 is 14.8 Å². The van der Waals surface area contributed by atoms with Crippen LogP contribution in [0.1, 0.15) is 23.3 Å². The summed E-state index contributed by atoms with van der Waals surface area (Å²) < 4.78 is 62.0. The second-order valence-electron chi connectivity index (χ2n) is 7.47. The summed E-state index contributed by atoms with van der Waals surface area (Å²) in [5, 5.41) is 2.83. The van der Waals surface area contributed by atoms with Gasteiger partial charge in [-0.25, -0.2) is 8.42 Å². The van der Waals surface area contributed by atoms with Gasteiger partial charge in [0.1, 0.15) is 4.21 Å². The van der Waals surface area contributed by atoms with E-state index >= 15 is 0 Å². The van der Waals surface area contributed by atoms with E-state index in [4.69, 9.17) is 4.74 Å². The van der Waals surface area contributed by atoms with Crippen molar-refractivity contribution in [3.63, 3.8) is 0 Å². The molecule has 1 aromatic heterocycles. The summed E-state index contributed by atoms with van der Waals surface area (Å²) in [6.07, 6.45) is 1.61. The Labute approximate surface area is 190 Å². The molecule has 1 unspecified atom stereocenters. The topological polar surface area (TPSA) is 84.9 Å². The predicted octanol–water partition coefficient (Wildman–Crippen LogP) is 3.43. The number of methoxy groups -OCH3 is 1. The van der Waals surface area contributed by atoms with E-state index in [2.05, 4.69) is 10.1 Å². The average molecular weight is 489 g/mol. The van der Waals surface area contributed by atoms with Crippen LogP contribution in [0.25, 0.3) is 0 Å². The van der Waals surface area contributed by atoms with Gasteiger partial charge in [0.25, 0.3) is 10.0 Å². The molecule has 7 nitrogen and oxygen atoms in total. The van der Waals surface area contributed by atoms with Crippen molar-refractivity contribution in [3.05, 3.63) is 40.8 Å². The molecule has 1 aliphatic rings. The predicted molar refractivity (Wildman–Crippen MR) is 117 cm³/mol. The molecule has 0 bridgehead atoms. The smallest absolute Gasteiger partial charge is 0.387 e. The lowest BCUT2D eigenvalue weighted by molar-refractivity contribution is -0.126. The highest BCUT2D eigenvalue weighted by Gasteiger charge is 2.33. The number of thiophene rings is 1. The molecule has 0 radical (unpaired) electrons. The molecule has 3 rings (SSSR count). The minimum atomic E-state index is -3.61. The minimum Gasteiger partial charge on any atom is -0.493 e. The molecule has 1 amide bonds. The van der Waals surface area contributed by atoms with Crippen molar-refractivity contribution in [1.82, 2.24) is 9.62 Å². The number of hydrogen-bond donors (Lipinski definition) is 1. The van der Waals surface area contributed by atoms with E-state index in [1.807, 2.05) is 6.92 Å². The third kappa shape index (κ3) is 5.96. The molecule has 0 aliphatic carbocycles. The van der Waals surface area contributed by atoms with E-state index in [0.717, 1.165) is 4.88 Å². The largest absolute Gasteiger partial charge is 0.493 e. The zero-order valence-corrected chi connectivity index (χ0v) is 19.5. The fourth-order valence-electron chi connectivity index (χ4n) is 3.59. The Kier molecular flexibility index (Phi) is 8.07. The molecular weight excluding hydrogens is 462 g/mol. The summed E-state index contributed by atoms with van der Waals surface area (Å²) in [5.74, 6) is -0.524. The van der Waals surface area contributed by atoms with Gasteiger partial charge in [-0.2, -0.15) is 13.1 Å². The van der Waals surface area contributed by atoms with E-state index in [1.165, 1.54) is 34.9 Å². The molecule has 32 heavy (non-hydrogen) atoms. The van der Waals surface area contributed by atoms with Gasteiger partial charge in [0.15, 0.2) is 11.5 Å². The highest BCUT2D eigenvalue weighted by molar-refractivity contribution is 7.91. The van der Waals surface area contributed by atoms with E-state index in [-0.39, 0.29) is 34.7 Å². The summed E-state index contributed by atoms with van der Waals surface area (Å²) in [6, 6.07) is 8.06. The number of nitrogens with zero attached hydrogens (tertiary/aromatic N) is 1. The summed E-state index contributed by atoms with van der Waals surface area (Å²) in [6.45, 7) is -0.307. The van der Waals surface area contributed by atoms with Gasteiger partial charge in [-0.1, -0.05) is 6.07 Å². The van der Waals surface area contributed by atoms with E-state index in [9.17, 15) is 22.0 Å². The van der Waals surface area contributed by atoms with Crippen molar-refractivity contribution in [3.8, 4) is 11.5 Å². The maximum Gasteiger partial charge on any atom is 0.387 e. The number of carbonyl (C=O) groups is 1. The molecule has 2 heterocycles. The fraction of sp³-hybridized carbons (Fsp3) is 0.476. The Morgan fingerprint density at radius 2 is 2.06 bits per heavy atom. The highest BCUT2D eigenvalue weighted by atomic mass is 32.2. The molecule has 176 valence electrons. The number of ether oxygens (including phenoxy) is 2. The maximum atomic E-state index is 12.9. The number of amides is 1. The van der Waals surface area contributed by atoms with Crippen LogP contribution in [0.15, 0.2) is 34.5 Å². The van der Waals surface area contributed by atoms with Gasteiger partial charge >= 0.3 is 6.61 Å². The number of nitrogens with one attached hydrogen (secondary N) is 1. The Balaban J connectivity index is 1.56. The summed E-state index contributed by atoms with van der Waals surface area (Å²) in [4.78, 5) is 13.6. The van der Waals surface area contributed by atoms with E-state index < -0.39 is 22.6 Å². The number of carbonyl (C=O) groups excluding carboxylic acids is 1. The number of benzene rings is 1. The van der Waals surface area contributed by atoms with Crippen molar-refractivity contribution < 1.29 is 31.5 Å². The van der Waals surface area contributed by atoms with Crippen molar-refractivity contribution in [2.75, 3.05) is 26.7 Å². The lowest BCUT2D eigenvalue weighted by atomic mass is 9.99. The molecule has 1 saturated heterocycles. The summed E-state index contributed by atoms with van der Waals surface area (Å²) in [5.41, 5.74) is 0.697. The maximum absolute atomic E-state index is 12.9. The van der Waals surface area contributed by atoms with E-state index in [1.54, 1.807) is 18.2 Å². The Bertz CT molecular complexity index is 1040. The SMILES string of the molecule is COc1ccc(CCNC(=O)C2CCCN(S(=O)(=O)c3ccc(C)s3)C2)cc1OC(F)F. The number of hydrogen-bond acceptors (Lipinski definition) is 6. The third-order valence-corrected chi connectivity index (χ3v) is 8.55. The van der Waals surface area contributed by atoms with Crippen LogP contribution in [0.4, 0.5) is 8.78 Å². The van der Waals surface area contributed by atoms with Gasteiger partial charge in [-0.15, -0.1) is 11.3 Å². The zero-order valence-electron chi connectivity index (χ0n) is 17.8. The molecule has 11 heteroatoms. The minimum absolute atomic E-state index is 0.0664. The number of piperidine rings is 1. The molecule has 1 fully saturated rings. The van der Waals surface area contributed by atoms with Crippen molar-refractivity contribution in [2.45, 2.75) is 37.0 Å². The molecular formula is C21H26F2N2O5S2. The van der Waals surface area contributed by atoms with Crippen LogP contribution in [0.3, 0.4) is 0 Å². The lowest BCUT2D eigenvalue weighted by Gasteiger charge is -2.30. The van der Waals surface area contributed by atoms with Gasteiger partial charge in [-0.3, -0.25) is 4.79 Å². The van der Waals surface area contributed by atoms with Crippen LogP contribution in [-0.4, -0.2) is 52.0 Å². The Hall–Kier alpha value is -2.24. The third-order valence-electron chi connectivity index (χ3n) is 5.22. The highest BCUT2D eigenvalue weighted by Crippen LogP contribution is 2.30. The van der Waals surface area contributed by atoms with Gasteiger partial charge < -0.3 is 14.8 Å². The molecule has 0 saturated carbocycles. The molecule has 2 aromatic rings. The molecule has 0 spiro atoms. The molecule has 1 aliphatic heterocycles.